The fraction of sp³-hybridized carbons (Fsp3) is 0.533. The molecule has 1 aliphatic heterocycles. The van der Waals surface area contributed by atoms with E-state index in [0.29, 0.717) is 17.0 Å². The highest BCUT2D eigenvalue weighted by Gasteiger charge is 2.15. The molecular formula is C15H20N2O3S. The number of oxazole rings is 1. The van der Waals surface area contributed by atoms with Gasteiger partial charge in [-0.2, -0.15) is 0 Å². The monoisotopic (exact) mass is 308 g/mol. The summed E-state index contributed by atoms with van der Waals surface area (Å²) in [4.78, 5) is 4.71. The second kappa shape index (κ2) is 5.77. The molecule has 1 saturated heterocycles. The molecule has 0 atom stereocenters. The third-order valence-corrected chi connectivity index (χ3v) is 5.17. The van der Waals surface area contributed by atoms with Gasteiger partial charge >= 0.3 is 0 Å². The van der Waals surface area contributed by atoms with E-state index in [1.165, 1.54) is 19.1 Å². The quantitative estimate of drug-likeness (QED) is 0.937. The van der Waals surface area contributed by atoms with E-state index in [-0.39, 0.29) is 4.90 Å². The van der Waals surface area contributed by atoms with E-state index in [1.807, 2.05) is 0 Å². The first-order chi connectivity index (χ1) is 10.0. The summed E-state index contributed by atoms with van der Waals surface area (Å²) >= 11 is 0. The summed E-state index contributed by atoms with van der Waals surface area (Å²) < 4.78 is 28.8. The molecule has 0 unspecified atom stereocenters. The molecule has 0 aliphatic carbocycles. The lowest BCUT2D eigenvalue weighted by molar-refractivity contribution is 0.343. The Kier molecular flexibility index (Phi) is 3.99. The molecule has 21 heavy (non-hydrogen) atoms. The minimum Gasteiger partial charge on any atom is -0.441 e. The number of benzene rings is 1. The summed E-state index contributed by atoms with van der Waals surface area (Å²) in [6.45, 7) is 2.19. The molecule has 3 rings (SSSR count). The van der Waals surface area contributed by atoms with Gasteiger partial charge in [0.15, 0.2) is 21.3 Å². The summed E-state index contributed by atoms with van der Waals surface area (Å²) in [5.41, 5.74) is 1.28. The van der Waals surface area contributed by atoms with E-state index in [1.54, 1.807) is 18.2 Å². The Morgan fingerprint density at radius 3 is 2.81 bits per heavy atom. The largest absolute Gasteiger partial charge is 0.441 e. The van der Waals surface area contributed by atoms with Gasteiger partial charge in [-0.05, 0) is 56.5 Å². The van der Waals surface area contributed by atoms with Gasteiger partial charge in [0.05, 0.1) is 4.90 Å². The second-order valence-corrected chi connectivity index (χ2v) is 7.76. The summed E-state index contributed by atoms with van der Waals surface area (Å²) in [7, 11) is -3.20. The van der Waals surface area contributed by atoms with E-state index >= 15 is 0 Å². The number of nitrogens with zero attached hydrogens (tertiary/aromatic N) is 1. The standard InChI is InChI=1S/C15H20N2O3S/c1-21(18,19)12-3-4-14-13(10-12)17-15(20-14)5-2-11-6-8-16-9-7-11/h3-4,10-11,16H,2,5-9H2,1H3. The lowest BCUT2D eigenvalue weighted by atomic mass is 9.93. The average molecular weight is 308 g/mol. The number of nitrogens with one attached hydrogen (secondary N) is 1. The minimum absolute atomic E-state index is 0.285. The first-order valence-corrected chi connectivity index (χ1v) is 9.22. The number of sulfone groups is 1. The number of aromatic nitrogens is 1. The van der Waals surface area contributed by atoms with Gasteiger partial charge in [-0.1, -0.05) is 0 Å². The van der Waals surface area contributed by atoms with E-state index < -0.39 is 9.84 Å². The fourth-order valence-corrected chi connectivity index (χ4v) is 3.43. The molecule has 0 saturated carbocycles. The summed E-state index contributed by atoms with van der Waals surface area (Å²) in [5, 5.41) is 3.36. The van der Waals surface area contributed by atoms with Crippen LogP contribution in [0, 0.1) is 5.92 Å². The minimum atomic E-state index is -3.20. The van der Waals surface area contributed by atoms with Crippen LogP contribution in [0.15, 0.2) is 27.5 Å². The Morgan fingerprint density at radius 2 is 2.10 bits per heavy atom. The smallest absolute Gasteiger partial charge is 0.195 e. The number of piperidine rings is 1. The summed E-state index contributed by atoms with van der Waals surface area (Å²) in [6, 6.07) is 4.84. The van der Waals surface area contributed by atoms with E-state index in [0.717, 1.165) is 31.8 Å². The predicted molar refractivity (Wildman–Crippen MR) is 81.0 cm³/mol. The zero-order chi connectivity index (χ0) is 14.9. The van der Waals surface area contributed by atoms with Crippen LogP contribution >= 0.6 is 0 Å². The molecule has 2 aromatic rings. The Labute approximate surface area is 124 Å². The Morgan fingerprint density at radius 1 is 1.33 bits per heavy atom. The van der Waals surface area contributed by atoms with E-state index in [9.17, 15) is 8.42 Å². The molecule has 1 aromatic heterocycles. The van der Waals surface area contributed by atoms with Crippen LogP contribution in [-0.4, -0.2) is 32.7 Å². The first kappa shape index (κ1) is 14.5. The van der Waals surface area contributed by atoms with Gasteiger partial charge in [0.1, 0.15) is 5.52 Å². The fourth-order valence-electron chi connectivity index (χ4n) is 2.79. The van der Waals surface area contributed by atoms with E-state index in [4.69, 9.17) is 4.42 Å². The van der Waals surface area contributed by atoms with Crippen LogP contribution in [0.3, 0.4) is 0 Å². The van der Waals surface area contributed by atoms with Crippen molar-refractivity contribution in [3.63, 3.8) is 0 Å². The van der Waals surface area contributed by atoms with Crippen molar-refractivity contribution in [1.29, 1.82) is 0 Å². The van der Waals surface area contributed by atoms with Crippen molar-refractivity contribution in [2.75, 3.05) is 19.3 Å². The molecule has 114 valence electrons. The highest BCUT2D eigenvalue weighted by Crippen LogP contribution is 2.23. The van der Waals surface area contributed by atoms with Crippen molar-refractivity contribution >= 4 is 20.9 Å². The van der Waals surface area contributed by atoms with Gasteiger partial charge in [0, 0.05) is 12.7 Å². The van der Waals surface area contributed by atoms with Crippen molar-refractivity contribution in [3.8, 4) is 0 Å². The topological polar surface area (TPSA) is 72.2 Å². The molecule has 2 heterocycles. The van der Waals surface area contributed by atoms with Crippen LogP contribution < -0.4 is 5.32 Å². The Hall–Kier alpha value is -1.40. The first-order valence-electron chi connectivity index (χ1n) is 7.32. The van der Waals surface area contributed by atoms with Crippen molar-refractivity contribution in [2.45, 2.75) is 30.6 Å². The van der Waals surface area contributed by atoms with Crippen LogP contribution in [0.5, 0.6) is 0 Å². The molecular weight excluding hydrogens is 288 g/mol. The zero-order valence-electron chi connectivity index (χ0n) is 12.1. The maximum absolute atomic E-state index is 11.6. The van der Waals surface area contributed by atoms with Gasteiger partial charge in [0.25, 0.3) is 0 Å². The summed E-state index contributed by atoms with van der Waals surface area (Å²) in [6.07, 6.45) is 5.50. The number of hydrogen-bond acceptors (Lipinski definition) is 5. The molecule has 0 amide bonds. The highest BCUT2D eigenvalue weighted by molar-refractivity contribution is 7.90. The lowest BCUT2D eigenvalue weighted by Crippen LogP contribution is -2.27. The Balaban J connectivity index is 1.74. The lowest BCUT2D eigenvalue weighted by Gasteiger charge is -2.21. The number of rotatable bonds is 4. The number of aryl methyl sites for hydroxylation is 1. The van der Waals surface area contributed by atoms with Gasteiger partial charge < -0.3 is 9.73 Å². The molecule has 1 N–H and O–H groups in total. The summed E-state index contributed by atoms with van der Waals surface area (Å²) in [5.74, 6) is 1.43. The van der Waals surface area contributed by atoms with Crippen molar-refractivity contribution in [1.82, 2.24) is 10.3 Å². The third-order valence-electron chi connectivity index (χ3n) is 4.06. The molecule has 1 fully saturated rings. The van der Waals surface area contributed by atoms with Crippen molar-refractivity contribution < 1.29 is 12.8 Å². The molecule has 0 radical (unpaired) electrons. The molecule has 5 nitrogen and oxygen atoms in total. The SMILES string of the molecule is CS(=O)(=O)c1ccc2oc(CCC3CCNCC3)nc2c1. The molecule has 6 heteroatoms. The highest BCUT2D eigenvalue weighted by atomic mass is 32.2. The van der Waals surface area contributed by atoms with Crippen molar-refractivity contribution in [3.05, 3.63) is 24.1 Å². The predicted octanol–water partition coefficient (Wildman–Crippen LogP) is 2.16. The maximum Gasteiger partial charge on any atom is 0.195 e. The Bertz CT molecular complexity index is 730. The van der Waals surface area contributed by atoms with Crippen LogP contribution in [0.25, 0.3) is 11.1 Å². The van der Waals surface area contributed by atoms with Crippen LogP contribution in [0.2, 0.25) is 0 Å². The van der Waals surface area contributed by atoms with Crippen molar-refractivity contribution in [2.24, 2.45) is 5.92 Å². The molecule has 0 bridgehead atoms. The van der Waals surface area contributed by atoms with Crippen LogP contribution in [-0.2, 0) is 16.3 Å². The van der Waals surface area contributed by atoms with Gasteiger partial charge in [-0.3, -0.25) is 0 Å². The number of hydrogen-bond donors (Lipinski definition) is 1. The molecule has 1 aliphatic rings. The second-order valence-electron chi connectivity index (χ2n) is 5.74. The molecule has 1 aromatic carbocycles. The van der Waals surface area contributed by atoms with E-state index in [2.05, 4.69) is 10.3 Å². The van der Waals surface area contributed by atoms with Gasteiger partial charge in [-0.15, -0.1) is 0 Å². The van der Waals surface area contributed by atoms with Gasteiger partial charge in [0.2, 0.25) is 0 Å². The van der Waals surface area contributed by atoms with Gasteiger partial charge in [-0.25, -0.2) is 13.4 Å². The maximum atomic E-state index is 11.6. The zero-order valence-corrected chi connectivity index (χ0v) is 12.9. The number of fused-ring (bicyclic) bond motifs is 1. The average Bonchev–Trinajstić information content (AvgIpc) is 2.87. The third kappa shape index (κ3) is 3.44. The van der Waals surface area contributed by atoms with Crippen LogP contribution in [0.4, 0.5) is 0 Å². The van der Waals surface area contributed by atoms with Crippen LogP contribution in [0.1, 0.15) is 25.2 Å². The molecule has 0 spiro atoms. The normalized spacial score (nSPS) is 17.4.